The normalized spacial score (nSPS) is 19.8. The Morgan fingerprint density at radius 2 is 2.11 bits per heavy atom. The molecule has 0 bridgehead atoms. The first-order valence-electron chi connectivity index (χ1n) is 9.32. The molecule has 1 atom stereocenters. The van der Waals surface area contributed by atoms with Crippen molar-refractivity contribution in [2.24, 2.45) is 0 Å². The SMILES string of the molecule is Cl.O=C(Cc1cccc(F)c1)NCC(=O)N1CCCC(N2CCNCC2=O)C1. The van der Waals surface area contributed by atoms with Crippen LogP contribution in [0.1, 0.15) is 18.4 Å². The molecule has 1 aromatic rings. The topological polar surface area (TPSA) is 81.8 Å². The molecule has 7 nitrogen and oxygen atoms in total. The Balaban J connectivity index is 0.00000280. The number of benzene rings is 1. The van der Waals surface area contributed by atoms with Crippen LogP contribution in [0.5, 0.6) is 0 Å². The second kappa shape index (κ2) is 10.4. The van der Waals surface area contributed by atoms with Crippen LogP contribution >= 0.6 is 12.4 Å². The maximum absolute atomic E-state index is 13.2. The smallest absolute Gasteiger partial charge is 0.242 e. The average molecular weight is 413 g/mol. The Kier molecular flexibility index (Phi) is 8.19. The number of carbonyl (C=O) groups is 3. The Hall–Kier alpha value is -2.19. The fourth-order valence-electron chi connectivity index (χ4n) is 3.62. The molecule has 2 aliphatic heterocycles. The van der Waals surface area contributed by atoms with Crippen molar-refractivity contribution in [2.75, 3.05) is 39.3 Å². The van der Waals surface area contributed by atoms with Crippen molar-refractivity contribution in [3.05, 3.63) is 35.6 Å². The molecule has 28 heavy (non-hydrogen) atoms. The third-order valence-electron chi connectivity index (χ3n) is 5.01. The molecular formula is C19H26ClFN4O3. The van der Waals surface area contributed by atoms with Crippen LogP contribution in [-0.2, 0) is 20.8 Å². The van der Waals surface area contributed by atoms with Gasteiger partial charge in [0.05, 0.1) is 19.5 Å². The highest BCUT2D eigenvalue weighted by molar-refractivity contribution is 5.86. The summed E-state index contributed by atoms with van der Waals surface area (Å²) in [6, 6.07) is 5.89. The van der Waals surface area contributed by atoms with Gasteiger partial charge in [0.25, 0.3) is 0 Å². The molecule has 9 heteroatoms. The van der Waals surface area contributed by atoms with E-state index in [2.05, 4.69) is 10.6 Å². The molecule has 3 amide bonds. The number of likely N-dealkylation sites (tertiary alicyclic amines) is 1. The lowest BCUT2D eigenvalue weighted by Gasteiger charge is -2.41. The lowest BCUT2D eigenvalue weighted by Crippen LogP contribution is -2.58. The Morgan fingerprint density at radius 3 is 2.86 bits per heavy atom. The first-order valence-corrected chi connectivity index (χ1v) is 9.32. The van der Waals surface area contributed by atoms with Crippen LogP contribution in [0.4, 0.5) is 4.39 Å². The molecule has 0 aromatic heterocycles. The van der Waals surface area contributed by atoms with Gasteiger partial charge in [-0.2, -0.15) is 0 Å². The summed E-state index contributed by atoms with van der Waals surface area (Å²) in [7, 11) is 0. The molecule has 0 aliphatic carbocycles. The second-order valence-electron chi connectivity index (χ2n) is 6.98. The molecule has 0 spiro atoms. The predicted octanol–water partition coefficient (Wildman–Crippen LogP) is 0.329. The maximum atomic E-state index is 13.2. The van der Waals surface area contributed by atoms with E-state index in [0.717, 1.165) is 19.4 Å². The zero-order valence-corrected chi connectivity index (χ0v) is 16.5. The lowest BCUT2D eigenvalue weighted by molar-refractivity contribution is -0.140. The van der Waals surface area contributed by atoms with Crippen LogP contribution in [0.2, 0.25) is 0 Å². The summed E-state index contributed by atoms with van der Waals surface area (Å²) in [5.41, 5.74) is 0.565. The molecule has 2 saturated heterocycles. The summed E-state index contributed by atoms with van der Waals surface area (Å²) in [6.45, 7) is 2.83. The fraction of sp³-hybridized carbons (Fsp3) is 0.526. The molecule has 0 radical (unpaired) electrons. The molecule has 1 unspecified atom stereocenters. The average Bonchev–Trinajstić information content (AvgIpc) is 2.66. The highest BCUT2D eigenvalue weighted by Gasteiger charge is 2.31. The third-order valence-corrected chi connectivity index (χ3v) is 5.01. The number of rotatable bonds is 5. The summed E-state index contributed by atoms with van der Waals surface area (Å²) in [4.78, 5) is 40.1. The van der Waals surface area contributed by atoms with E-state index < -0.39 is 5.82 Å². The highest BCUT2D eigenvalue weighted by Crippen LogP contribution is 2.17. The number of piperazine rings is 1. The molecule has 1 aromatic carbocycles. The van der Waals surface area contributed by atoms with E-state index in [-0.39, 0.29) is 49.1 Å². The maximum Gasteiger partial charge on any atom is 0.242 e. The number of nitrogens with one attached hydrogen (secondary N) is 2. The molecule has 0 saturated carbocycles. The van der Waals surface area contributed by atoms with Gasteiger partial charge in [0.1, 0.15) is 5.82 Å². The minimum atomic E-state index is -0.391. The van der Waals surface area contributed by atoms with Gasteiger partial charge in [0.2, 0.25) is 17.7 Å². The van der Waals surface area contributed by atoms with Crippen LogP contribution < -0.4 is 10.6 Å². The number of hydrogen-bond acceptors (Lipinski definition) is 4. The molecular weight excluding hydrogens is 387 g/mol. The van der Waals surface area contributed by atoms with E-state index in [4.69, 9.17) is 0 Å². The summed E-state index contributed by atoms with van der Waals surface area (Å²) in [5, 5.41) is 5.66. The zero-order chi connectivity index (χ0) is 19.2. The van der Waals surface area contributed by atoms with Crippen LogP contribution in [0, 0.1) is 5.82 Å². The van der Waals surface area contributed by atoms with Crippen LogP contribution in [-0.4, -0.2) is 72.8 Å². The molecule has 2 heterocycles. The van der Waals surface area contributed by atoms with Crippen LogP contribution in [0.15, 0.2) is 24.3 Å². The van der Waals surface area contributed by atoms with Crippen molar-refractivity contribution >= 4 is 30.1 Å². The van der Waals surface area contributed by atoms with E-state index in [1.165, 1.54) is 12.1 Å². The van der Waals surface area contributed by atoms with Gasteiger partial charge >= 0.3 is 0 Å². The quantitative estimate of drug-likeness (QED) is 0.730. The Bertz CT molecular complexity index is 718. The van der Waals surface area contributed by atoms with Gasteiger partial charge in [0, 0.05) is 32.2 Å². The third kappa shape index (κ3) is 5.90. The van der Waals surface area contributed by atoms with E-state index in [0.29, 0.717) is 31.7 Å². The van der Waals surface area contributed by atoms with Gasteiger partial charge in [-0.3, -0.25) is 14.4 Å². The number of amides is 3. The van der Waals surface area contributed by atoms with Crippen molar-refractivity contribution in [3.8, 4) is 0 Å². The Morgan fingerprint density at radius 1 is 1.29 bits per heavy atom. The summed E-state index contributed by atoms with van der Waals surface area (Å²) in [5.74, 6) is -0.795. The number of piperidine rings is 1. The highest BCUT2D eigenvalue weighted by atomic mass is 35.5. The van der Waals surface area contributed by atoms with Gasteiger partial charge in [-0.1, -0.05) is 12.1 Å². The van der Waals surface area contributed by atoms with Crippen molar-refractivity contribution in [1.29, 1.82) is 0 Å². The molecule has 2 fully saturated rings. The largest absolute Gasteiger partial charge is 0.347 e. The predicted molar refractivity (Wildman–Crippen MR) is 105 cm³/mol. The first kappa shape index (κ1) is 22.1. The van der Waals surface area contributed by atoms with Gasteiger partial charge in [-0.25, -0.2) is 4.39 Å². The van der Waals surface area contributed by atoms with Gasteiger partial charge < -0.3 is 20.4 Å². The monoisotopic (exact) mass is 412 g/mol. The minimum absolute atomic E-state index is 0. The standard InChI is InChI=1S/C19H25FN4O3.ClH/c20-15-4-1-3-14(9-15)10-17(25)22-12-18(26)23-7-2-5-16(13-23)24-8-6-21-11-19(24)27;/h1,3-4,9,16,21H,2,5-8,10-13H2,(H,22,25);1H. The molecule has 2 aliphatic rings. The number of nitrogens with zero attached hydrogens (tertiary/aromatic N) is 2. The molecule has 154 valence electrons. The van der Waals surface area contributed by atoms with Crippen LogP contribution in [0.3, 0.4) is 0 Å². The van der Waals surface area contributed by atoms with Crippen molar-refractivity contribution in [2.45, 2.75) is 25.3 Å². The fourth-order valence-corrected chi connectivity index (χ4v) is 3.62. The Labute approximate surface area is 170 Å². The van der Waals surface area contributed by atoms with Gasteiger partial charge in [-0.05, 0) is 30.5 Å². The van der Waals surface area contributed by atoms with Gasteiger partial charge in [-0.15, -0.1) is 12.4 Å². The van der Waals surface area contributed by atoms with E-state index in [9.17, 15) is 18.8 Å². The number of carbonyl (C=O) groups excluding carboxylic acids is 3. The molecule has 3 rings (SSSR count). The summed E-state index contributed by atoms with van der Waals surface area (Å²) >= 11 is 0. The van der Waals surface area contributed by atoms with E-state index in [1.807, 2.05) is 4.90 Å². The molecule has 2 N–H and O–H groups in total. The van der Waals surface area contributed by atoms with Gasteiger partial charge in [0.15, 0.2) is 0 Å². The van der Waals surface area contributed by atoms with Crippen LogP contribution in [0.25, 0.3) is 0 Å². The zero-order valence-electron chi connectivity index (χ0n) is 15.7. The van der Waals surface area contributed by atoms with E-state index >= 15 is 0 Å². The second-order valence-corrected chi connectivity index (χ2v) is 6.98. The van der Waals surface area contributed by atoms with Crippen molar-refractivity contribution < 1.29 is 18.8 Å². The lowest BCUT2D eigenvalue weighted by atomic mass is 10.0. The van der Waals surface area contributed by atoms with E-state index in [1.54, 1.807) is 17.0 Å². The summed E-state index contributed by atoms with van der Waals surface area (Å²) < 4.78 is 13.2. The van der Waals surface area contributed by atoms with Crippen molar-refractivity contribution in [1.82, 2.24) is 20.4 Å². The minimum Gasteiger partial charge on any atom is -0.347 e. The number of halogens is 2. The first-order chi connectivity index (χ1) is 13.0. The number of hydrogen-bond donors (Lipinski definition) is 2. The van der Waals surface area contributed by atoms with Crippen molar-refractivity contribution in [3.63, 3.8) is 0 Å². The summed E-state index contributed by atoms with van der Waals surface area (Å²) in [6.07, 6.45) is 1.76.